The summed E-state index contributed by atoms with van der Waals surface area (Å²) in [5, 5.41) is 18.8. The van der Waals surface area contributed by atoms with Crippen LogP contribution in [0.1, 0.15) is 24.6 Å². The summed E-state index contributed by atoms with van der Waals surface area (Å²) in [6.07, 6.45) is 2.62. The normalized spacial score (nSPS) is 13.2. The lowest BCUT2D eigenvalue weighted by molar-refractivity contribution is 0.268. The van der Waals surface area contributed by atoms with Gasteiger partial charge in [-0.25, -0.2) is 0 Å². The van der Waals surface area contributed by atoms with Gasteiger partial charge in [0.15, 0.2) is 0 Å². The van der Waals surface area contributed by atoms with Crippen molar-refractivity contribution in [1.82, 2.24) is 15.5 Å². The standard InChI is InChI=1S/C9H17N3O/c1-7(3-4-13)10-5-9-6-11-12-8(9)2/h6-7,10,13H,3-5H2,1-2H3,(H,11,12). The van der Waals surface area contributed by atoms with Crippen LogP contribution in [-0.4, -0.2) is 28.0 Å². The van der Waals surface area contributed by atoms with Crippen molar-refractivity contribution in [2.75, 3.05) is 6.61 Å². The van der Waals surface area contributed by atoms with Crippen LogP contribution in [0.5, 0.6) is 0 Å². The van der Waals surface area contributed by atoms with Crippen LogP contribution in [0.25, 0.3) is 0 Å². The first kappa shape index (κ1) is 10.2. The number of aliphatic hydroxyl groups is 1. The third kappa shape index (κ3) is 3.16. The van der Waals surface area contributed by atoms with E-state index in [2.05, 4.69) is 22.4 Å². The molecule has 1 rings (SSSR count). The van der Waals surface area contributed by atoms with Crippen molar-refractivity contribution in [3.63, 3.8) is 0 Å². The third-order valence-electron chi connectivity index (χ3n) is 2.14. The molecule has 0 aliphatic carbocycles. The van der Waals surface area contributed by atoms with E-state index in [1.165, 1.54) is 5.56 Å². The van der Waals surface area contributed by atoms with Crippen LogP contribution < -0.4 is 5.32 Å². The van der Waals surface area contributed by atoms with Gasteiger partial charge in [-0.1, -0.05) is 0 Å². The SMILES string of the molecule is Cc1[nH]ncc1CNC(C)CCO. The lowest BCUT2D eigenvalue weighted by atomic mass is 10.2. The Balaban J connectivity index is 2.30. The zero-order chi connectivity index (χ0) is 9.68. The summed E-state index contributed by atoms with van der Waals surface area (Å²) in [6, 6.07) is 0.347. The first-order valence-corrected chi connectivity index (χ1v) is 4.57. The van der Waals surface area contributed by atoms with Crippen LogP contribution in [0.4, 0.5) is 0 Å². The van der Waals surface area contributed by atoms with Gasteiger partial charge in [0.05, 0.1) is 6.20 Å². The Morgan fingerprint density at radius 2 is 2.46 bits per heavy atom. The molecule has 4 nitrogen and oxygen atoms in total. The summed E-state index contributed by atoms with van der Waals surface area (Å²) in [4.78, 5) is 0. The molecule has 0 amide bonds. The van der Waals surface area contributed by atoms with E-state index in [0.29, 0.717) is 6.04 Å². The van der Waals surface area contributed by atoms with E-state index in [1.54, 1.807) is 0 Å². The molecule has 1 aromatic rings. The number of aromatic nitrogens is 2. The first-order valence-electron chi connectivity index (χ1n) is 4.57. The fourth-order valence-corrected chi connectivity index (χ4v) is 1.13. The number of H-pyrrole nitrogens is 1. The lowest BCUT2D eigenvalue weighted by Gasteiger charge is -2.11. The topological polar surface area (TPSA) is 60.9 Å². The van der Waals surface area contributed by atoms with Gasteiger partial charge in [0, 0.05) is 30.5 Å². The zero-order valence-corrected chi connectivity index (χ0v) is 8.17. The second-order valence-corrected chi connectivity index (χ2v) is 3.31. The molecule has 1 atom stereocenters. The van der Waals surface area contributed by atoms with Crippen LogP contribution in [0.15, 0.2) is 6.20 Å². The Morgan fingerprint density at radius 1 is 1.69 bits per heavy atom. The largest absolute Gasteiger partial charge is 0.396 e. The molecule has 1 aromatic heterocycles. The number of aliphatic hydroxyl groups excluding tert-OH is 1. The van der Waals surface area contributed by atoms with Gasteiger partial charge < -0.3 is 10.4 Å². The molecule has 1 heterocycles. The lowest BCUT2D eigenvalue weighted by Crippen LogP contribution is -2.26. The number of aromatic amines is 1. The minimum Gasteiger partial charge on any atom is -0.396 e. The highest BCUT2D eigenvalue weighted by atomic mass is 16.3. The fourth-order valence-electron chi connectivity index (χ4n) is 1.13. The summed E-state index contributed by atoms with van der Waals surface area (Å²) in [5.41, 5.74) is 2.29. The molecular weight excluding hydrogens is 166 g/mol. The van der Waals surface area contributed by atoms with E-state index < -0.39 is 0 Å². The minimum atomic E-state index is 0.235. The molecule has 13 heavy (non-hydrogen) atoms. The molecule has 1 unspecified atom stereocenters. The van der Waals surface area contributed by atoms with Crippen molar-refractivity contribution in [3.8, 4) is 0 Å². The summed E-state index contributed by atoms with van der Waals surface area (Å²) in [5.74, 6) is 0. The third-order valence-corrected chi connectivity index (χ3v) is 2.14. The van der Waals surface area contributed by atoms with Crippen molar-refractivity contribution in [2.45, 2.75) is 32.9 Å². The van der Waals surface area contributed by atoms with Crippen molar-refractivity contribution in [3.05, 3.63) is 17.5 Å². The molecule has 0 aromatic carbocycles. The minimum absolute atomic E-state index is 0.235. The molecule has 0 fully saturated rings. The Morgan fingerprint density at radius 3 is 3.00 bits per heavy atom. The van der Waals surface area contributed by atoms with Crippen LogP contribution in [-0.2, 0) is 6.54 Å². The predicted octanol–water partition coefficient (Wildman–Crippen LogP) is 0.579. The summed E-state index contributed by atoms with van der Waals surface area (Å²) in [6.45, 7) is 5.11. The van der Waals surface area contributed by atoms with Gasteiger partial charge in [-0.15, -0.1) is 0 Å². The molecule has 0 radical (unpaired) electrons. The van der Waals surface area contributed by atoms with E-state index in [0.717, 1.165) is 18.7 Å². The fraction of sp³-hybridized carbons (Fsp3) is 0.667. The average molecular weight is 183 g/mol. The number of aryl methyl sites for hydroxylation is 1. The Kier molecular flexibility index (Phi) is 3.92. The molecule has 3 N–H and O–H groups in total. The number of rotatable bonds is 5. The maximum Gasteiger partial charge on any atom is 0.0535 e. The van der Waals surface area contributed by atoms with Crippen molar-refractivity contribution >= 4 is 0 Å². The van der Waals surface area contributed by atoms with Crippen molar-refractivity contribution in [1.29, 1.82) is 0 Å². The molecule has 4 heteroatoms. The molecule has 0 saturated carbocycles. The van der Waals surface area contributed by atoms with E-state index in [9.17, 15) is 0 Å². The smallest absolute Gasteiger partial charge is 0.0535 e. The van der Waals surface area contributed by atoms with Crippen LogP contribution >= 0.6 is 0 Å². The van der Waals surface area contributed by atoms with Gasteiger partial charge >= 0.3 is 0 Å². The number of hydrogen-bond acceptors (Lipinski definition) is 3. The van der Waals surface area contributed by atoms with Crippen molar-refractivity contribution in [2.24, 2.45) is 0 Å². The number of nitrogens with zero attached hydrogens (tertiary/aromatic N) is 1. The highest BCUT2D eigenvalue weighted by Crippen LogP contribution is 2.02. The van der Waals surface area contributed by atoms with Gasteiger partial charge in [0.25, 0.3) is 0 Å². The maximum atomic E-state index is 8.69. The van der Waals surface area contributed by atoms with Gasteiger partial charge in [-0.05, 0) is 20.3 Å². The molecule has 74 valence electrons. The summed E-state index contributed by atoms with van der Waals surface area (Å²) < 4.78 is 0. The van der Waals surface area contributed by atoms with Crippen LogP contribution in [0, 0.1) is 6.92 Å². The Bertz CT molecular complexity index is 247. The monoisotopic (exact) mass is 183 g/mol. The molecular formula is C9H17N3O. The summed E-state index contributed by atoms with van der Waals surface area (Å²) >= 11 is 0. The highest BCUT2D eigenvalue weighted by molar-refractivity contribution is 5.13. The van der Waals surface area contributed by atoms with Crippen LogP contribution in [0.2, 0.25) is 0 Å². The number of nitrogens with one attached hydrogen (secondary N) is 2. The average Bonchev–Trinajstić information content (AvgIpc) is 2.48. The quantitative estimate of drug-likeness (QED) is 0.625. The number of hydrogen-bond donors (Lipinski definition) is 3. The predicted molar refractivity (Wildman–Crippen MR) is 51.3 cm³/mol. The molecule has 0 saturated heterocycles. The maximum absolute atomic E-state index is 8.69. The van der Waals surface area contributed by atoms with Gasteiger partial charge in [-0.3, -0.25) is 5.10 Å². The van der Waals surface area contributed by atoms with Crippen LogP contribution in [0.3, 0.4) is 0 Å². The zero-order valence-electron chi connectivity index (χ0n) is 8.17. The van der Waals surface area contributed by atoms with E-state index >= 15 is 0 Å². The Labute approximate surface area is 78.4 Å². The van der Waals surface area contributed by atoms with Crippen molar-refractivity contribution < 1.29 is 5.11 Å². The second kappa shape index (κ2) is 4.99. The Hall–Kier alpha value is -0.870. The highest BCUT2D eigenvalue weighted by Gasteiger charge is 2.03. The van der Waals surface area contributed by atoms with E-state index in [4.69, 9.17) is 5.11 Å². The van der Waals surface area contributed by atoms with E-state index in [1.807, 2.05) is 13.1 Å². The second-order valence-electron chi connectivity index (χ2n) is 3.31. The van der Waals surface area contributed by atoms with Gasteiger partial charge in [-0.2, -0.15) is 5.10 Å². The van der Waals surface area contributed by atoms with Gasteiger partial charge in [0.2, 0.25) is 0 Å². The first-order chi connectivity index (χ1) is 6.24. The molecule has 0 aliphatic rings. The molecule has 0 aliphatic heterocycles. The summed E-state index contributed by atoms with van der Waals surface area (Å²) in [7, 11) is 0. The molecule has 0 spiro atoms. The molecule has 0 bridgehead atoms. The van der Waals surface area contributed by atoms with E-state index in [-0.39, 0.29) is 6.61 Å². The van der Waals surface area contributed by atoms with Gasteiger partial charge in [0.1, 0.15) is 0 Å².